The van der Waals surface area contributed by atoms with E-state index in [4.69, 9.17) is 0 Å². The van der Waals surface area contributed by atoms with Crippen LogP contribution >= 0.6 is 0 Å². The van der Waals surface area contributed by atoms with Crippen LogP contribution in [-0.4, -0.2) is 21.9 Å². The monoisotopic (exact) mass is 450 g/mol. The van der Waals surface area contributed by atoms with Crippen LogP contribution in [0.5, 0.6) is 0 Å². The minimum Gasteiger partial charge on any atom is -0.393 e. The third kappa shape index (κ3) is 5.76. The predicted octanol–water partition coefficient (Wildman–Crippen LogP) is 8.39. The molecule has 4 fully saturated rings. The molecule has 0 aromatic carbocycles. The van der Waals surface area contributed by atoms with Gasteiger partial charge in [-0.1, -0.05) is 54.4 Å². The summed E-state index contributed by atoms with van der Waals surface area (Å²) in [7, 11) is 0. The van der Waals surface area contributed by atoms with Crippen molar-refractivity contribution in [1.29, 1.82) is 0 Å². The van der Waals surface area contributed by atoms with Crippen molar-refractivity contribution in [2.75, 3.05) is 0 Å². The number of hydrogen-bond donors (Lipinski definition) is 2. The van der Waals surface area contributed by atoms with Crippen LogP contribution < -0.4 is 0 Å². The molecule has 190 valence electrons. The van der Waals surface area contributed by atoms with Gasteiger partial charge >= 0.3 is 0 Å². The van der Waals surface area contributed by atoms with Gasteiger partial charge in [-0.3, -0.25) is 0 Å². The Kier molecular flexibility index (Phi) is 10.2. The van der Waals surface area contributed by atoms with Gasteiger partial charge in [0.1, 0.15) is 0 Å². The second-order valence-electron chi connectivity index (χ2n) is 12.5. The summed E-state index contributed by atoms with van der Waals surface area (Å²) in [6.07, 6.45) is 16.8. The second-order valence-corrected chi connectivity index (χ2v) is 12.5. The molecule has 0 aliphatic heterocycles. The van der Waals surface area contributed by atoms with Crippen molar-refractivity contribution in [2.24, 2.45) is 40.4 Å². The van der Waals surface area contributed by atoms with E-state index in [0.717, 1.165) is 48.9 Å². The fourth-order valence-electron chi connectivity index (χ4n) is 8.77. The molecule has 4 aliphatic rings. The first-order valence-corrected chi connectivity index (χ1v) is 14.5. The zero-order valence-corrected chi connectivity index (χ0v) is 23.1. The number of unbranched alkanes of at least 4 members (excludes halogenated alkanes) is 1. The highest BCUT2D eigenvalue weighted by atomic mass is 16.3. The van der Waals surface area contributed by atoms with Gasteiger partial charge in [-0.15, -0.1) is 0 Å². The van der Waals surface area contributed by atoms with E-state index in [9.17, 15) is 10.2 Å². The summed E-state index contributed by atoms with van der Waals surface area (Å²) in [4.78, 5) is 0. The van der Waals surface area contributed by atoms with Crippen LogP contribution in [0.3, 0.4) is 0 Å². The van der Waals surface area contributed by atoms with E-state index in [1.807, 2.05) is 41.5 Å². The van der Waals surface area contributed by atoms with E-state index in [0.29, 0.717) is 10.8 Å². The van der Waals surface area contributed by atoms with E-state index < -0.39 is 5.60 Å². The lowest BCUT2D eigenvalue weighted by atomic mass is 9.44. The van der Waals surface area contributed by atoms with Crippen molar-refractivity contribution in [1.82, 2.24) is 0 Å². The molecule has 4 saturated carbocycles. The average Bonchev–Trinajstić information content (AvgIpc) is 3.10. The van der Waals surface area contributed by atoms with Crippen molar-refractivity contribution in [3.8, 4) is 0 Å². The number of fused-ring (bicyclic) bond motifs is 5. The van der Waals surface area contributed by atoms with Crippen molar-refractivity contribution >= 4 is 0 Å². The summed E-state index contributed by atoms with van der Waals surface area (Å²) in [6, 6.07) is 0. The highest BCUT2D eigenvalue weighted by Crippen LogP contribution is 2.67. The van der Waals surface area contributed by atoms with Gasteiger partial charge in [0.05, 0.1) is 11.7 Å². The second kappa shape index (κ2) is 11.6. The molecule has 0 aromatic heterocycles. The highest BCUT2D eigenvalue weighted by molar-refractivity contribution is 5.09. The highest BCUT2D eigenvalue weighted by Gasteiger charge is 2.59. The SMILES string of the molecule is CC.CC.CC(C)(O)CCCCC1CCC2C3CCC4CC(O)CC[C@]4(C)C3CCC12C. The molecular weight excluding hydrogens is 392 g/mol. The molecule has 4 rings (SSSR count). The smallest absolute Gasteiger partial charge is 0.0591 e. The molecule has 0 saturated heterocycles. The van der Waals surface area contributed by atoms with E-state index in [2.05, 4.69) is 13.8 Å². The third-order valence-electron chi connectivity index (χ3n) is 10.4. The summed E-state index contributed by atoms with van der Waals surface area (Å²) >= 11 is 0. The van der Waals surface area contributed by atoms with Crippen molar-refractivity contribution < 1.29 is 10.2 Å². The van der Waals surface area contributed by atoms with Crippen LogP contribution in [0, 0.1) is 40.4 Å². The summed E-state index contributed by atoms with van der Waals surface area (Å²) < 4.78 is 0. The van der Waals surface area contributed by atoms with Crippen LogP contribution in [0.1, 0.15) is 139 Å². The largest absolute Gasteiger partial charge is 0.393 e. The Morgan fingerprint density at radius 1 is 0.781 bits per heavy atom. The molecule has 8 atom stereocenters. The molecule has 0 radical (unpaired) electrons. The number of aliphatic hydroxyl groups is 2. The van der Waals surface area contributed by atoms with Crippen molar-refractivity contribution in [3.63, 3.8) is 0 Å². The average molecular weight is 451 g/mol. The van der Waals surface area contributed by atoms with Gasteiger partial charge in [0, 0.05) is 0 Å². The molecule has 2 nitrogen and oxygen atoms in total. The fourth-order valence-corrected chi connectivity index (χ4v) is 8.77. The molecule has 0 amide bonds. The van der Waals surface area contributed by atoms with Crippen LogP contribution in [-0.2, 0) is 0 Å². The lowest BCUT2D eigenvalue weighted by Crippen LogP contribution is -2.53. The maximum atomic E-state index is 10.2. The molecule has 4 aliphatic carbocycles. The van der Waals surface area contributed by atoms with Crippen molar-refractivity contribution in [3.05, 3.63) is 0 Å². The maximum absolute atomic E-state index is 10.2. The van der Waals surface area contributed by atoms with Gasteiger partial charge in [-0.25, -0.2) is 0 Å². The van der Waals surface area contributed by atoms with Crippen LogP contribution in [0.25, 0.3) is 0 Å². The third-order valence-corrected chi connectivity index (χ3v) is 10.4. The first-order valence-electron chi connectivity index (χ1n) is 14.5. The molecule has 32 heavy (non-hydrogen) atoms. The van der Waals surface area contributed by atoms with Crippen molar-refractivity contribution in [2.45, 2.75) is 151 Å². The molecule has 0 aromatic rings. The van der Waals surface area contributed by atoms with Crippen LogP contribution in [0.2, 0.25) is 0 Å². The Morgan fingerprint density at radius 3 is 2.06 bits per heavy atom. The van der Waals surface area contributed by atoms with Crippen LogP contribution in [0.15, 0.2) is 0 Å². The molecule has 7 unspecified atom stereocenters. The minimum atomic E-state index is -0.498. The lowest BCUT2D eigenvalue weighted by Gasteiger charge is -2.61. The summed E-state index contributed by atoms with van der Waals surface area (Å²) in [5.74, 6) is 4.53. The van der Waals surface area contributed by atoms with Gasteiger partial charge in [0.2, 0.25) is 0 Å². The zero-order chi connectivity index (χ0) is 24.2. The first kappa shape index (κ1) is 28.2. The Balaban J connectivity index is 0.000000860. The lowest BCUT2D eigenvalue weighted by molar-refractivity contribution is -0.127. The number of rotatable bonds is 5. The Bertz CT molecular complexity index is 552. The standard InChI is InChI=1S/C26H46O2.2C2H6/c1-24(2,28)14-6-5-7-18-9-11-22-21-10-8-19-17-20(27)12-15-26(19,4)23(21)13-16-25(18,22)3;2*1-2/h18-23,27-28H,5-17H2,1-4H3;2*1-2H3/t18?,19?,20?,21?,22?,23?,25?,26-;;/m0../s1. The molecule has 2 N–H and O–H groups in total. The summed E-state index contributed by atoms with van der Waals surface area (Å²) in [5, 5.41) is 20.2. The first-order chi connectivity index (χ1) is 15.1. The van der Waals surface area contributed by atoms with E-state index in [1.165, 1.54) is 64.2 Å². The van der Waals surface area contributed by atoms with Gasteiger partial charge < -0.3 is 10.2 Å². The molecule has 0 bridgehead atoms. The normalized spacial score (nSPS) is 42.9. The van der Waals surface area contributed by atoms with E-state index in [1.54, 1.807) is 0 Å². The maximum Gasteiger partial charge on any atom is 0.0591 e. The van der Waals surface area contributed by atoms with Gasteiger partial charge in [-0.05, 0) is 125 Å². The van der Waals surface area contributed by atoms with Crippen LogP contribution in [0.4, 0.5) is 0 Å². The van der Waals surface area contributed by atoms with E-state index >= 15 is 0 Å². The quantitative estimate of drug-likeness (QED) is 0.413. The molecule has 0 spiro atoms. The molecular formula is C30H58O2. The fraction of sp³-hybridized carbons (Fsp3) is 1.00. The van der Waals surface area contributed by atoms with Gasteiger partial charge in [-0.2, -0.15) is 0 Å². The Morgan fingerprint density at radius 2 is 1.41 bits per heavy atom. The summed E-state index contributed by atoms with van der Waals surface area (Å²) in [6.45, 7) is 17.2. The van der Waals surface area contributed by atoms with Gasteiger partial charge in [0.25, 0.3) is 0 Å². The molecule has 0 heterocycles. The topological polar surface area (TPSA) is 40.5 Å². The molecule has 2 heteroatoms. The Labute approximate surface area is 201 Å². The predicted molar refractivity (Wildman–Crippen MR) is 139 cm³/mol. The Hall–Kier alpha value is -0.0800. The summed E-state index contributed by atoms with van der Waals surface area (Å²) in [5.41, 5.74) is 0.587. The number of aliphatic hydroxyl groups excluding tert-OH is 1. The van der Waals surface area contributed by atoms with E-state index in [-0.39, 0.29) is 6.10 Å². The zero-order valence-electron chi connectivity index (χ0n) is 23.1. The number of hydrogen-bond acceptors (Lipinski definition) is 2. The minimum absolute atomic E-state index is 0.0248. The van der Waals surface area contributed by atoms with Gasteiger partial charge in [0.15, 0.2) is 0 Å².